The van der Waals surface area contributed by atoms with Crippen LogP contribution in [0.1, 0.15) is 46.6 Å². The van der Waals surface area contributed by atoms with Gasteiger partial charge in [0.15, 0.2) is 0 Å². The van der Waals surface area contributed by atoms with Crippen molar-refractivity contribution >= 4 is 0 Å². The van der Waals surface area contributed by atoms with Gasteiger partial charge in [0, 0.05) is 0 Å². The molecule has 0 spiro atoms. The van der Waals surface area contributed by atoms with Gasteiger partial charge >= 0.3 is 0 Å². The van der Waals surface area contributed by atoms with E-state index in [1.54, 1.807) is 0 Å². The van der Waals surface area contributed by atoms with Gasteiger partial charge in [0.05, 0.1) is 6.04 Å². The van der Waals surface area contributed by atoms with Crippen molar-refractivity contribution in [2.45, 2.75) is 24.3 Å². The fraction of sp³-hybridized carbons (Fsp3) is 0.250. The van der Waals surface area contributed by atoms with Crippen molar-refractivity contribution in [2.24, 2.45) is 5.73 Å². The summed E-state index contributed by atoms with van der Waals surface area (Å²) in [6.07, 6.45) is 1.29. The van der Waals surface area contributed by atoms with Crippen LogP contribution in [0, 0.1) is 0 Å². The summed E-state index contributed by atoms with van der Waals surface area (Å²) in [5, 5.41) is 0. The van der Waals surface area contributed by atoms with E-state index in [1.807, 2.05) is 0 Å². The first-order valence-corrected chi connectivity index (χ1v) is 6.29. The van der Waals surface area contributed by atoms with Gasteiger partial charge in [0.1, 0.15) is 0 Å². The second kappa shape index (κ2) is 3.21. The Bertz CT molecular complexity index is 536. The maximum atomic E-state index is 6.44. The van der Waals surface area contributed by atoms with Gasteiger partial charge < -0.3 is 5.73 Å². The van der Waals surface area contributed by atoms with Crippen molar-refractivity contribution in [3.05, 3.63) is 70.8 Å². The molecule has 1 nitrogen and oxygen atoms in total. The minimum absolute atomic E-state index is 0.0511. The quantitative estimate of drug-likeness (QED) is 0.725. The van der Waals surface area contributed by atoms with Crippen molar-refractivity contribution in [3.63, 3.8) is 0 Å². The molecular formula is C16H15N. The molecule has 0 bridgehead atoms. The Morgan fingerprint density at radius 2 is 1.12 bits per heavy atom. The van der Waals surface area contributed by atoms with Crippen molar-refractivity contribution in [1.29, 1.82) is 0 Å². The Balaban J connectivity index is 1.99. The molecule has 0 aromatic heterocycles. The van der Waals surface area contributed by atoms with E-state index in [0.717, 1.165) is 0 Å². The van der Waals surface area contributed by atoms with Crippen LogP contribution in [-0.4, -0.2) is 0 Å². The molecule has 0 aliphatic heterocycles. The van der Waals surface area contributed by atoms with Crippen LogP contribution < -0.4 is 5.73 Å². The molecule has 1 fully saturated rings. The first-order valence-electron chi connectivity index (χ1n) is 6.29. The van der Waals surface area contributed by atoms with E-state index in [0.29, 0.717) is 11.8 Å². The van der Waals surface area contributed by atoms with Crippen LogP contribution in [0.15, 0.2) is 48.5 Å². The minimum atomic E-state index is 0.0511. The third-order valence-electron chi connectivity index (χ3n) is 4.25. The molecule has 0 radical (unpaired) electrons. The Morgan fingerprint density at radius 1 is 0.706 bits per heavy atom. The molecule has 17 heavy (non-hydrogen) atoms. The van der Waals surface area contributed by atoms with E-state index in [2.05, 4.69) is 48.5 Å². The van der Waals surface area contributed by atoms with E-state index in [4.69, 9.17) is 5.73 Å². The van der Waals surface area contributed by atoms with E-state index >= 15 is 0 Å². The predicted octanol–water partition coefficient (Wildman–Crippen LogP) is 3.32. The molecule has 2 N–H and O–H groups in total. The highest BCUT2D eigenvalue weighted by molar-refractivity contribution is 5.52. The Morgan fingerprint density at radius 3 is 1.59 bits per heavy atom. The largest absolute Gasteiger partial charge is 0.320 e. The molecule has 1 heteroatoms. The van der Waals surface area contributed by atoms with Gasteiger partial charge in [-0.25, -0.2) is 0 Å². The van der Waals surface area contributed by atoms with Gasteiger partial charge in [-0.05, 0) is 40.5 Å². The fourth-order valence-electron chi connectivity index (χ4n) is 3.31. The molecule has 1 saturated carbocycles. The van der Waals surface area contributed by atoms with Gasteiger partial charge in [0.25, 0.3) is 0 Å². The molecule has 4 rings (SSSR count). The standard InChI is InChI=1S/C16H15N/c17-16-12-7-3-1-5-10(12)14-9-15(14)11-6-2-4-8-13(11)16/h1-8,14-16H,9,17H2/t14-,15-/m0/s1. The zero-order valence-electron chi connectivity index (χ0n) is 9.64. The first-order chi connectivity index (χ1) is 8.36. The number of hydrogen-bond donors (Lipinski definition) is 1. The zero-order valence-corrected chi connectivity index (χ0v) is 9.64. The molecule has 0 saturated heterocycles. The molecule has 2 aliphatic rings. The Kier molecular flexibility index (Phi) is 1.78. The van der Waals surface area contributed by atoms with E-state index in [-0.39, 0.29) is 6.04 Å². The van der Waals surface area contributed by atoms with Gasteiger partial charge in [0.2, 0.25) is 0 Å². The Labute approximate surface area is 101 Å². The lowest BCUT2D eigenvalue weighted by molar-refractivity contribution is 0.850. The summed E-state index contributed by atoms with van der Waals surface area (Å²) in [6, 6.07) is 17.4. The third-order valence-corrected chi connectivity index (χ3v) is 4.25. The molecule has 0 amide bonds. The molecule has 2 aliphatic carbocycles. The number of rotatable bonds is 0. The van der Waals surface area contributed by atoms with Gasteiger partial charge in [-0.15, -0.1) is 0 Å². The van der Waals surface area contributed by atoms with Crippen LogP contribution in [0.4, 0.5) is 0 Å². The fourth-order valence-corrected chi connectivity index (χ4v) is 3.31. The van der Waals surface area contributed by atoms with E-state index in [1.165, 1.54) is 28.7 Å². The zero-order chi connectivity index (χ0) is 11.4. The maximum absolute atomic E-state index is 6.44. The maximum Gasteiger partial charge on any atom is 0.0557 e. The average molecular weight is 221 g/mol. The number of fused-ring (bicyclic) bond motifs is 5. The molecule has 0 heterocycles. The van der Waals surface area contributed by atoms with Gasteiger partial charge in [-0.1, -0.05) is 48.5 Å². The molecule has 84 valence electrons. The monoisotopic (exact) mass is 221 g/mol. The topological polar surface area (TPSA) is 26.0 Å². The average Bonchev–Trinajstić information content (AvgIpc) is 3.18. The van der Waals surface area contributed by atoms with Crippen LogP contribution in [0.25, 0.3) is 0 Å². The van der Waals surface area contributed by atoms with Crippen molar-refractivity contribution in [2.75, 3.05) is 0 Å². The highest BCUT2D eigenvalue weighted by atomic mass is 14.7. The van der Waals surface area contributed by atoms with E-state index < -0.39 is 0 Å². The summed E-state index contributed by atoms with van der Waals surface area (Å²) in [5.74, 6) is 1.42. The smallest absolute Gasteiger partial charge is 0.0557 e. The predicted molar refractivity (Wildman–Crippen MR) is 69.0 cm³/mol. The van der Waals surface area contributed by atoms with Crippen LogP contribution in [0.5, 0.6) is 0 Å². The summed E-state index contributed by atoms with van der Waals surface area (Å²) in [4.78, 5) is 0. The second-order valence-electron chi connectivity index (χ2n) is 5.18. The summed E-state index contributed by atoms with van der Waals surface area (Å²) in [6.45, 7) is 0. The van der Waals surface area contributed by atoms with Crippen LogP contribution >= 0.6 is 0 Å². The molecule has 0 unspecified atom stereocenters. The lowest BCUT2D eigenvalue weighted by atomic mass is 9.93. The normalized spacial score (nSPS) is 25.5. The lowest BCUT2D eigenvalue weighted by Crippen LogP contribution is -2.14. The van der Waals surface area contributed by atoms with Crippen molar-refractivity contribution in [3.8, 4) is 0 Å². The van der Waals surface area contributed by atoms with Crippen LogP contribution in [0.3, 0.4) is 0 Å². The molecular weight excluding hydrogens is 206 g/mol. The van der Waals surface area contributed by atoms with Crippen molar-refractivity contribution in [1.82, 2.24) is 0 Å². The molecule has 2 aromatic carbocycles. The second-order valence-corrected chi connectivity index (χ2v) is 5.18. The van der Waals surface area contributed by atoms with E-state index in [9.17, 15) is 0 Å². The first kappa shape index (κ1) is 9.43. The molecule has 2 aromatic rings. The number of benzene rings is 2. The van der Waals surface area contributed by atoms with Crippen molar-refractivity contribution < 1.29 is 0 Å². The highest BCUT2D eigenvalue weighted by Crippen LogP contribution is 2.59. The lowest BCUT2D eigenvalue weighted by Gasteiger charge is -2.16. The minimum Gasteiger partial charge on any atom is -0.320 e. The Hall–Kier alpha value is -1.60. The van der Waals surface area contributed by atoms with Gasteiger partial charge in [-0.3, -0.25) is 0 Å². The summed E-state index contributed by atoms with van der Waals surface area (Å²) >= 11 is 0. The van der Waals surface area contributed by atoms with Gasteiger partial charge in [-0.2, -0.15) is 0 Å². The number of nitrogens with two attached hydrogens (primary N) is 1. The summed E-state index contributed by atoms with van der Waals surface area (Å²) in [5.41, 5.74) is 12.0. The SMILES string of the molecule is NC1c2ccccc2[C@@H]2C[C@H]2c2ccccc21. The summed E-state index contributed by atoms with van der Waals surface area (Å²) in [7, 11) is 0. The van der Waals surface area contributed by atoms with Crippen LogP contribution in [-0.2, 0) is 0 Å². The molecule has 2 atom stereocenters. The number of hydrogen-bond acceptors (Lipinski definition) is 1. The highest BCUT2D eigenvalue weighted by Gasteiger charge is 2.44. The third kappa shape index (κ3) is 1.23. The summed E-state index contributed by atoms with van der Waals surface area (Å²) < 4.78 is 0. The van der Waals surface area contributed by atoms with Crippen LogP contribution in [0.2, 0.25) is 0 Å².